The molecule has 1 N–H and O–H groups in total. The summed E-state index contributed by atoms with van der Waals surface area (Å²) >= 11 is 5.81. The molecule has 0 atom stereocenters. The van der Waals surface area contributed by atoms with Crippen LogP contribution in [-0.2, 0) is 13.7 Å². The first kappa shape index (κ1) is 13.4. The van der Waals surface area contributed by atoms with Crippen LogP contribution >= 0.6 is 11.6 Å². The second-order valence-electron chi connectivity index (χ2n) is 3.80. The van der Waals surface area contributed by atoms with E-state index >= 15 is 0 Å². The number of nitrogens with zero attached hydrogens (tertiary/aromatic N) is 2. The largest absolute Gasteiger partial charge is 0.486 e. The molecule has 2 aromatic rings. The number of benzene rings is 1. The van der Waals surface area contributed by atoms with E-state index in [1.165, 1.54) is 23.0 Å². The molecule has 5 nitrogen and oxygen atoms in total. The van der Waals surface area contributed by atoms with Crippen molar-refractivity contribution in [2.45, 2.75) is 6.61 Å². The molecule has 0 aliphatic rings. The molecule has 100 valence electrons. The minimum absolute atomic E-state index is 0.0243. The lowest BCUT2D eigenvalue weighted by atomic mass is 10.2. The number of halogens is 2. The Morgan fingerprint density at radius 3 is 2.95 bits per heavy atom. The minimum Gasteiger partial charge on any atom is -0.486 e. The van der Waals surface area contributed by atoms with E-state index < -0.39 is 11.8 Å². The molecule has 2 rings (SSSR count). The van der Waals surface area contributed by atoms with E-state index in [1.54, 1.807) is 7.05 Å². The van der Waals surface area contributed by atoms with E-state index in [2.05, 4.69) is 5.10 Å². The summed E-state index contributed by atoms with van der Waals surface area (Å²) < 4.78 is 19.7. The maximum Gasteiger partial charge on any atom is 0.339 e. The monoisotopic (exact) mass is 284 g/mol. The number of ether oxygens (including phenoxy) is 1. The Bertz CT molecular complexity index is 627. The summed E-state index contributed by atoms with van der Waals surface area (Å²) in [6.45, 7) is -0.0243. The predicted molar refractivity (Wildman–Crippen MR) is 65.9 cm³/mol. The second-order valence-corrected chi connectivity index (χ2v) is 4.20. The van der Waals surface area contributed by atoms with Gasteiger partial charge >= 0.3 is 5.97 Å². The number of aromatic nitrogens is 2. The molecule has 0 unspecified atom stereocenters. The predicted octanol–water partition coefficient (Wildman–Crippen LogP) is 2.49. The van der Waals surface area contributed by atoms with Gasteiger partial charge < -0.3 is 9.84 Å². The fraction of sp³-hybridized carbons (Fsp3) is 0.167. The molecule has 0 saturated carbocycles. The van der Waals surface area contributed by atoms with Gasteiger partial charge in [0.05, 0.1) is 16.9 Å². The van der Waals surface area contributed by atoms with Gasteiger partial charge in [0.15, 0.2) is 0 Å². The standard InChI is InChI=1S/C12H10ClFN2O3/c1-16-10(8(5-15-16)12(17)18)6-19-11-3-2-7(14)4-9(11)13/h2-5H,6H2,1H3,(H,17,18). The lowest BCUT2D eigenvalue weighted by Gasteiger charge is -2.09. The lowest BCUT2D eigenvalue weighted by molar-refractivity contribution is 0.0693. The zero-order valence-electron chi connectivity index (χ0n) is 9.93. The van der Waals surface area contributed by atoms with Crippen LogP contribution in [0.3, 0.4) is 0 Å². The van der Waals surface area contributed by atoms with Gasteiger partial charge in [-0.05, 0) is 18.2 Å². The molecule has 0 radical (unpaired) electrons. The number of carbonyl (C=O) groups is 1. The van der Waals surface area contributed by atoms with E-state index in [9.17, 15) is 9.18 Å². The number of aromatic carboxylic acids is 1. The number of hydrogen-bond acceptors (Lipinski definition) is 3. The normalized spacial score (nSPS) is 10.5. The average molecular weight is 285 g/mol. The van der Waals surface area contributed by atoms with Crippen molar-refractivity contribution in [3.8, 4) is 5.75 Å². The molecule has 19 heavy (non-hydrogen) atoms. The number of aryl methyl sites for hydroxylation is 1. The van der Waals surface area contributed by atoms with Crippen LogP contribution in [0, 0.1) is 5.82 Å². The van der Waals surface area contributed by atoms with Gasteiger partial charge in [-0.15, -0.1) is 0 Å². The Balaban J connectivity index is 2.19. The van der Waals surface area contributed by atoms with Crippen molar-refractivity contribution in [1.29, 1.82) is 0 Å². The van der Waals surface area contributed by atoms with E-state index in [1.807, 2.05) is 0 Å². The molecular weight excluding hydrogens is 275 g/mol. The molecule has 0 amide bonds. The zero-order chi connectivity index (χ0) is 14.0. The molecule has 0 aliphatic carbocycles. The maximum atomic E-state index is 12.9. The second kappa shape index (κ2) is 5.27. The Labute approximate surface area is 113 Å². The highest BCUT2D eigenvalue weighted by molar-refractivity contribution is 6.32. The van der Waals surface area contributed by atoms with Crippen molar-refractivity contribution in [2.75, 3.05) is 0 Å². The third-order valence-electron chi connectivity index (χ3n) is 2.55. The SMILES string of the molecule is Cn1ncc(C(=O)O)c1COc1ccc(F)cc1Cl. The van der Waals surface area contributed by atoms with E-state index in [0.29, 0.717) is 5.69 Å². The van der Waals surface area contributed by atoms with Crippen molar-refractivity contribution < 1.29 is 19.0 Å². The smallest absolute Gasteiger partial charge is 0.339 e. The molecule has 1 aromatic carbocycles. The highest BCUT2D eigenvalue weighted by Crippen LogP contribution is 2.26. The number of rotatable bonds is 4. The summed E-state index contributed by atoms with van der Waals surface area (Å²) in [7, 11) is 1.61. The van der Waals surface area contributed by atoms with Crippen molar-refractivity contribution in [2.24, 2.45) is 7.05 Å². The molecule has 0 saturated heterocycles. The third-order valence-corrected chi connectivity index (χ3v) is 2.85. The first-order valence-corrected chi connectivity index (χ1v) is 5.69. The maximum absolute atomic E-state index is 12.9. The molecule has 0 spiro atoms. The van der Waals surface area contributed by atoms with Gasteiger partial charge in [-0.1, -0.05) is 11.6 Å². The van der Waals surface area contributed by atoms with E-state index in [4.69, 9.17) is 21.4 Å². The van der Waals surface area contributed by atoms with Crippen LogP contribution in [0.5, 0.6) is 5.75 Å². The van der Waals surface area contributed by atoms with Gasteiger partial charge in [0.25, 0.3) is 0 Å². The van der Waals surface area contributed by atoms with Crippen LogP contribution in [0.15, 0.2) is 24.4 Å². The lowest BCUT2D eigenvalue weighted by Crippen LogP contribution is -2.08. The van der Waals surface area contributed by atoms with Gasteiger partial charge in [-0.3, -0.25) is 4.68 Å². The van der Waals surface area contributed by atoms with E-state index in [0.717, 1.165) is 6.07 Å². The Kier molecular flexibility index (Phi) is 3.71. The van der Waals surface area contributed by atoms with Crippen molar-refractivity contribution >= 4 is 17.6 Å². The zero-order valence-corrected chi connectivity index (χ0v) is 10.7. The molecule has 0 fully saturated rings. The van der Waals surface area contributed by atoms with Gasteiger partial charge in [0, 0.05) is 7.05 Å². The molecule has 0 bridgehead atoms. The quantitative estimate of drug-likeness (QED) is 0.937. The van der Waals surface area contributed by atoms with Gasteiger partial charge in [0.1, 0.15) is 23.7 Å². The fourth-order valence-electron chi connectivity index (χ4n) is 1.55. The molecule has 7 heteroatoms. The topological polar surface area (TPSA) is 64.4 Å². The Morgan fingerprint density at radius 2 is 2.32 bits per heavy atom. The highest BCUT2D eigenvalue weighted by Gasteiger charge is 2.16. The first-order valence-electron chi connectivity index (χ1n) is 5.31. The summed E-state index contributed by atoms with van der Waals surface area (Å²) in [5, 5.41) is 13.0. The van der Waals surface area contributed by atoms with Crippen LogP contribution in [0.4, 0.5) is 4.39 Å². The summed E-state index contributed by atoms with van der Waals surface area (Å²) in [5.74, 6) is -1.28. The summed E-state index contributed by atoms with van der Waals surface area (Å²) in [6, 6.07) is 3.72. The summed E-state index contributed by atoms with van der Waals surface area (Å²) in [5.41, 5.74) is 0.452. The first-order chi connectivity index (χ1) is 8.99. The highest BCUT2D eigenvalue weighted by atomic mass is 35.5. The van der Waals surface area contributed by atoms with Gasteiger partial charge in [-0.2, -0.15) is 5.10 Å². The van der Waals surface area contributed by atoms with Gasteiger partial charge in [-0.25, -0.2) is 9.18 Å². The average Bonchev–Trinajstić information content (AvgIpc) is 2.70. The molecular formula is C12H10ClFN2O3. The third kappa shape index (κ3) is 2.85. The Hall–Kier alpha value is -2.08. The van der Waals surface area contributed by atoms with Crippen molar-refractivity contribution in [1.82, 2.24) is 9.78 Å². The van der Waals surface area contributed by atoms with Gasteiger partial charge in [0.2, 0.25) is 0 Å². The Morgan fingerprint density at radius 1 is 1.58 bits per heavy atom. The molecule has 0 aliphatic heterocycles. The number of carboxylic acid groups (broad SMARTS) is 1. The van der Waals surface area contributed by atoms with Crippen molar-refractivity contribution in [3.05, 3.63) is 46.5 Å². The van der Waals surface area contributed by atoms with E-state index in [-0.39, 0.29) is 22.9 Å². The number of carboxylic acids is 1. The van der Waals surface area contributed by atoms with Crippen LogP contribution in [-0.4, -0.2) is 20.9 Å². The summed E-state index contributed by atoms with van der Waals surface area (Å²) in [4.78, 5) is 11.0. The minimum atomic E-state index is -1.09. The van der Waals surface area contributed by atoms with Crippen LogP contribution in [0.1, 0.15) is 16.1 Å². The van der Waals surface area contributed by atoms with Crippen molar-refractivity contribution in [3.63, 3.8) is 0 Å². The molecule has 1 heterocycles. The summed E-state index contributed by atoms with van der Waals surface area (Å²) in [6.07, 6.45) is 1.24. The number of hydrogen-bond donors (Lipinski definition) is 1. The fourth-order valence-corrected chi connectivity index (χ4v) is 1.77. The molecule has 1 aromatic heterocycles. The van der Waals surface area contributed by atoms with Crippen LogP contribution < -0.4 is 4.74 Å². The van der Waals surface area contributed by atoms with Crippen LogP contribution in [0.25, 0.3) is 0 Å². The van der Waals surface area contributed by atoms with Crippen LogP contribution in [0.2, 0.25) is 5.02 Å².